The van der Waals surface area contributed by atoms with Gasteiger partial charge >= 0.3 is 0 Å². The molecule has 6 unspecified atom stereocenters. The molecule has 30 heavy (non-hydrogen) atoms. The third-order valence-corrected chi connectivity index (χ3v) is 5.54. The van der Waals surface area contributed by atoms with Crippen LogP contribution in [0.15, 0.2) is 48.5 Å². The molecule has 2 aliphatic heterocycles. The lowest BCUT2D eigenvalue weighted by atomic mass is 9.95. The minimum atomic E-state index is -1.03. The van der Waals surface area contributed by atoms with Crippen LogP contribution in [0.25, 0.3) is 0 Å². The summed E-state index contributed by atoms with van der Waals surface area (Å²) in [5.41, 5.74) is 3.08. The first-order chi connectivity index (χ1) is 14.4. The second-order valence-corrected chi connectivity index (χ2v) is 7.80. The predicted molar refractivity (Wildman–Crippen MR) is 109 cm³/mol. The van der Waals surface area contributed by atoms with E-state index in [2.05, 4.69) is 5.32 Å². The number of aliphatic hydroxyl groups is 1. The zero-order chi connectivity index (χ0) is 21.3. The molecule has 2 fully saturated rings. The van der Waals surface area contributed by atoms with Crippen molar-refractivity contribution in [3.63, 3.8) is 0 Å². The number of carbonyl (C=O) groups is 1. The molecule has 2 aliphatic rings. The molecule has 7 heteroatoms. The van der Waals surface area contributed by atoms with Crippen molar-refractivity contribution in [3.8, 4) is 5.75 Å². The van der Waals surface area contributed by atoms with Crippen LogP contribution >= 0.6 is 0 Å². The lowest BCUT2D eigenvalue weighted by Crippen LogP contribution is -2.67. The summed E-state index contributed by atoms with van der Waals surface area (Å²) in [6.07, 6.45) is -3.71. The lowest BCUT2D eigenvalue weighted by molar-refractivity contribution is -0.333. The highest BCUT2D eigenvalue weighted by atomic mass is 16.7. The Morgan fingerprint density at radius 3 is 2.57 bits per heavy atom. The van der Waals surface area contributed by atoms with Gasteiger partial charge in [-0.1, -0.05) is 36.4 Å². The van der Waals surface area contributed by atoms with Crippen LogP contribution in [0.1, 0.15) is 29.9 Å². The molecule has 2 N–H and O–H groups in total. The summed E-state index contributed by atoms with van der Waals surface area (Å²) in [4.78, 5) is 11.8. The number of benzene rings is 2. The van der Waals surface area contributed by atoms with Crippen molar-refractivity contribution in [1.29, 1.82) is 0 Å². The van der Waals surface area contributed by atoms with Gasteiger partial charge in [0, 0.05) is 12.5 Å². The second kappa shape index (κ2) is 8.73. The molecule has 0 aliphatic carbocycles. The van der Waals surface area contributed by atoms with Crippen LogP contribution in [0.2, 0.25) is 0 Å². The minimum Gasteiger partial charge on any atom is -0.463 e. The van der Waals surface area contributed by atoms with Crippen LogP contribution in [0.4, 0.5) is 0 Å². The fourth-order valence-corrected chi connectivity index (χ4v) is 3.78. The van der Waals surface area contributed by atoms with E-state index >= 15 is 0 Å². The van der Waals surface area contributed by atoms with Crippen LogP contribution in [-0.2, 0) is 19.0 Å². The van der Waals surface area contributed by atoms with Crippen LogP contribution in [0, 0.1) is 13.8 Å². The van der Waals surface area contributed by atoms with E-state index in [1.54, 1.807) is 0 Å². The van der Waals surface area contributed by atoms with Gasteiger partial charge in [0.05, 0.1) is 6.61 Å². The number of nitrogens with one attached hydrogen (secondary N) is 1. The standard InChI is InChI=1S/C23H27NO6/c1-13-9-10-17(11-14(13)2)28-23-19(24-15(3)25)20(26)21-18(29-23)12-27-22(30-21)16-7-5-4-6-8-16/h4-11,18-23,26H,12H2,1-3H3,(H,24,25). The van der Waals surface area contributed by atoms with Crippen LogP contribution in [0.3, 0.4) is 0 Å². The zero-order valence-electron chi connectivity index (χ0n) is 17.3. The normalized spacial score (nSPS) is 30.9. The Hall–Kier alpha value is -2.45. The van der Waals surface area contributed by atoms with Crippen molar-refractivity contribution in [2.75, 3.05) is 6.61 Å². The number of aryl methyl sites for hydroxylation is 2. The largest absolute Gasteiger partial charge is 0.463 e. The van der Waals surface area contributed by atoms with Crippen molar-refractivity contribution in [2.45, 2.75) is 57.7 Å². The molecule has 6 atom stereocenters. The van der Waals surface area contributed by atoms with E-state index in [0.717, 1.165) is 16.7 Å². The van der Waals surface area contributed by atoms with Gasteiger partial charge in [-0.25, -0.2) is 0 Å². The van der Waals surface area contributed by atoms with Gasteiger partial charge in [0.25, 0.3) is 0 Å². The van der Waals surface area contributed by atoms with Gasteiger partial charge in [-0.2, -0.15) is 0 Å². The van der Waals surface area contributed by atoms with E-state index in [4.69, 9.17) is 18.9 Å². The SMILES string of the molecule is CC(=O)NC1C(Oc2ccc(C)c(C)c2)OC2COC(c3ccccc3)OC2C1O. The summed E-state index contributed by atoms with van der Waals surface area (Å²) in [6.45, 7) is 5.64. The average Bonchev–Trinajstić information content (AvgIpc) is 2.74. The van der Waals surface area contributed by atoms with Crippen molar-refractivity contribution in [2.24, 2.45) is 0 Å². The quantitative estimate of drug-likeness (QED) is 0.801. The maximum atomic E-state index is 11.8. The summed E-state index contributed by atoms with van der Waals surface area (Å²) in [7, 11) is 0. The highest BCUT2D eigenvalue weighted by molar-refractivity contribution is 5.73. The van der Waals surface area contributed by atoms with E-state index in [-0.39, 0.29) is 12.5 Å². The van der Waals surface area contributed by atoms with Gasteiger partial charge in [-0.05, 0) is 37.1 Å². The van der Waals surface area contributed by atoms with E-state index in [9.17, 15) is 9.90 Å². The highest BCUT2D eigenvalue weighted by Gasteiger charge is 2.50. The minimum absolute atomic E-state index is 0.237. The Kier molecular flexibility index (Phi) is 6.06. The van der Waals surface area contributed by atoms with Crippen LogP contribution in [-0.4, -0.2) is 48.3 Å². The summed E-state index contributed by atoms with van der Waals surface area (Å²) < 4.78 is 24.0. The smallest absolute Gasteiger partial charge is 0.223 e. The molecular weight excluding hydrogens is 386 g/mol. The molecule has 2 aromatic carbocycles. The Morgan fingerprint density at radius 1 is 1.10 bits per heavy atom. The van der Waals surface area contributed by atoms with Crippen molar-refractivity contribution >= 4 is 5.91 Å². The third-order valence-electron chi connectivity index (χ3n) is 5.54. The lowest BCUT2D eigenvalue weighted by Gasteiger charge is -2.47. The monoisotopic (exact) mass is 413 g/mol. The van der Waals surface area contributed by atoms with Gasteiger partial charge < -0.3 is 29.4 Å². The number of fused-ring (bicyclic) bond motifs is 1. The Labute approximate surface area is 175 Å². The highest BCUT2D eigenvalue weighted by Crippen LogP contribution is 2.35. The molecule has 4 rings (SSSR count). The first kappa shape index (κ1) is 20.8. The van der Waals surface area contributed by atoms with Gasteiger partial charge in [-0.15, -0.1) is 0 Å². The van der Waals surface area contributed by atoms with Gasteiger partial charge in [0.15, 0.2) is 6.29 Å². The fraction of sp³-hybridized carbons (Fsp3) is 0.435. The molecule has 2 heterocycles. The van der Waals surface area contributed by atoms with Crippen molar-refractivity contribution in [1.82, 2.24) is 5.32 Å². The summed E-state index contributed by atoms with van der Waals surface area (Å²) >= 11 is 0. The Bertz CT molecular complexity index is 889. The van der Waals surface area contributed by atoms with E-state index in [1.807, 2.05) is 62.4 Å². The second-order valence-electron chi connectivity index (χ2n) is 7.80. The Morgan fingerprint density at radius 2 is 1.87 bits per heavy atom. The number of aliphatic hydroxyl groups excluding tert-OH is 1. The molecule has 0 radical (unpaired) electrons. The molecule has 0 spiro atoms. The van der Waals surface area contributed by atoms with Gasteiger partial charge in [-0.3, -0.25) is 4.79 Å². The van der Waals surface area contributed by atoms with E-state index < -0.39 is 36.9 Å². The maximum absolute atomic E-state index is 11.8. The summed E-state index contributed by atoms with van der Waals surface area (Å²) in [6, 6.07) is 14.4. The average molecular weight is 413 g/mol. The number of rotatable bonds is 4. The van der Waals surface area contributed by atoms with Crippen molar-refractivity contribution in [3.05, 3.63) is 65.2 Å². The van der Waals surface area contributed by atoms with Crippen LogP contribution in [0.5, 0.6) is 5.75 Å². The topological polar surface area (TPSA) is 86.3 Å². The molecule has 7 nitrogen and oxygen atoms in total. The van der Waals surface area contributed by atoms with Gasteiger partial charge in [0.2, 0.25) is 12.2 Å². The molecule has 0 saturated carbocycles. The maximum Gasteiger partial charge on any atom is 0.223 e. The number of hydrogen-bond donors (Lipinski definition) is 2. The molecule has 0 aromatic heterocycles. The number of amides is 1. The molecule has 2 aromatic rings. The summed E-state index contributed by atoms with van der Waals surface area (Å²) in [5, 5.41) is 13.8. The predicted octanol–water partition coefficient (Wildman–Crippen LogP) is 2.39. The molecule has 2 saturated heterocycles. The van der Waals surface area contributed by atoms with Crippen LogP contribution < -0.4 is 10.1 Å². The third kappa shape index (κ3) is 4.34. The summed E-state index contributed by atoms with van der Waals surface area (Å²) in [5.74, 6) is 0.311. The van der Waals surface area contributed by atoms with E-state index in [0.29, 0.717) is 5.75 Å². The first-order valence-corrected chi connectivity index (χ1v) is 10.1. The number of hydrogen-bond acceptors (Lipinski definition) is 6. The Balaban J connectivity index is 1.54. The molecule has 0 bridgehead atoms. The van der Waals surface area contributed by atoms with Crippen molar-refractivity contribution < 1.29 is 28.8 Å². The number of ether oxygens (including phenoxy) is 4. The zero-order valence-corrected chi connectivity index (χ0v) is 17.3. The number of carbonyl (C=O) groups excluding carboxylic acids is 1. The molecule has 1 amide bonds. The fourth-order valence-electron chi connectivity index (χ4n) is 3.78. The molecular formula is C23H27NO6. The first-order valence-electron chi connectivity index (χ1n) is 10.1. The van der Waals surface area contributed by atoms with E-state index in [1.165, 1.54) is 6.92 Å². The molecule has 160 valence electrons. The van der Waals surface area contributed by atoms with Gasteiger partial charge in [0.1, 0.15) is 30.1 Å².